The Balaban J connectivity index is 3.83. The van der Waals surface area contributed by atoms with E-state index in [-0.39, 0.29) is 5.78 Å². The van der Waals surface area contributed by atoms with Crippen molar-refractivity contribution < 1.29 is 19.5 Å². The molecule has 1 N–H and O–H groups in total. The molecule has 0 saturated heterocycles. The molecule has 0 aliphatic rings. The van der Waals surface area contributed by atoms with Crippen LogP contribution >= 0.6 is 0 Å². The molecule has 38 heavy (non-hydrogen) atoms. The van der Waals surface area contributed by atoms with Crippen molar-refractivity contribution in [1.29, 1.82) is 0 Å². The molecule has 0 fully saturated rings. The number of carbonyl (C=O) groups is 3. The highest BCUT2D eigenvalue weighted by Crippen LogP contribution is 2.23. The first-order valence-corrected chi connectivity index (χ1v) is 16.8. The van der Waals surface area contributed by atoms with Gasteiger partial charge in [-0.25, -0.2) is 0 Å². The Hall–Kier alpha value is -1.19. The van der Waals surface area contributed by atoms with Crippen LogP contribution in [0, 0.1) is 11.8 Å². The van der Waals surface area contributed by atoms with Gasteiger partial charge < -0.3 is 9.90 Å². The summed E-state index contributed by atoms with van der Waals surface area (Å²) in [5.74, 6) is -3.00. The molecular weight excluding hydrogens is 472 g/mol. The molecule has 0 aromatic carbocycles. The van der Waals surface area contributed by atoms with Gasteiger partial charge >= 0.3 is 5.97 Å². The third-order valence-electron chi connectivity index (χ3n) is 8.16. The fourth-order valence-corrected chi connectivity index (χ4v) is 5.54. The Morgan fingerprint density at radius 2 is 0.842 bits per heavy atom. The van der Waals surface area contributed by atoms with Crippen LogP contribution in [0.3, 0.4) is 0 Å². The van der Waals surface area contributed by atoms with Gasteiger partial charge in [0.15, 0.2) is 0 Å². The van der Waals surface area contributed by atoms with Gasteiger partial charge in [-0.05, 0) is 12.8 Å². The van der Waals surface area contributed by atoms with E-state index in [1.54, 1.807) is 0 Å². The van der Waals surface area contributed by atoms with Crippen LogP contribution in [0.5, 0.6) is 0 Å². The second kappa shape index (κ2) is 28.8. The molecule has 0 aliphatic heterocycles. The maximum Gasteiger partial charge on any atom is 0.307 e. The molecule has 0 heterocycles. The quantitative estimate of drug-likeness (QED) is 0.0543. The Labute approximate surface area is 236 Å². The lowest BCUT2D eigenvalue weighted by atomic mass is 9.84. The van der Waals surface area contributed by atoms with Crippen molar-refractivity contribution >= 4 is 18.0 Å². The minimum atomic E-state index is -0.997. The van der Waals surface area contributed by atoms with Gasteiger partial charge in [0.1, 0.15) is 12.1 Å². The van der Waals surface area contributed by atoms with Crippen molar-refractivity contribution in [3.05, 3.63) is 0 Å². The lowest BCUT2D eigenvalue weighted by Crippen LogP contribution is -2.31. The van der Waals surface area contributed by atoms with Gasteiger partial charge in [-0.3, -0.25) is 9.59 Å². The number of rotatable bonds is 31. The summed E-state index contributed by atoms with van der Waals surface area (Å²) in [6.45, 7) is 4.49. The van der Waals surface area contributed by atoms with Crippen LogP contribution in [0.25, 0.3) is 0 Å². The number of aliphatic carboxylic acids is 1. The van der Waals surface area contributed by atoms with Crippen LogP contribution in [0.2, 0.25) is 0 Å². The first kappa shape index (κ1) is 36.8. The maximum atomic E-state index is 12.6. The smallest absolute Gasteiger partial charge is 0.307 e. The highest BCUT2D eigenvalue weighted by Gasteiger charge is 2.32. The summed E-state index contributed by atoms with van der Waals surface area (Å²) in [4.78, 5) is 36.1. The number of hydrogen-bond donors (Lipinski definition) is 1. The summed E-state index contributed by atoms with van der Waals surface area (Å²) in [6, 6.07) is 0. The zero-order valence-corrected chi connectivity index (χ0v) is 25.5. The summed E-state index contributed by atoms with van der Waals surface area (Å²) in [6.07, 6.45) is 32.3. The van der Waals surface area contributed by atoms with Gasteiger partial charge in [0.25, 0.3) is 0 Å². The Morgan fingerprint density at radius 1 is 0.526 bits per heavy atom. The topological polar surface area (TPSA) is 71.4 Å². The van der Waals surface area contributed by atoms with Crippen LogP contribution in [0.1, 0.15) is 187 Å². The van der Waals surface area contributed by atoms with Crippen molar-refractivity contribution in [3.8, 4) is 0 Å². The first-order valence-electron chi connectivity index (χ1n) is 16.8. The third kappa shape index (κ3) is 22.8. The van der Waals surface area contributed by atoms with Gasteiger partial charge in [-0.1, -0.05) is 168 Å². The molecule has 2 unspecified atom stereocenters. The van der Waals surface area contributed by atoms with Crippen LogP contribution in [-0.2, 0) is 14.4 Å². The van der Waals surface area contributed by atoms with Crippen molar-refractivity contribution in [3.63, 3.8) is 0 Å². The third-order valence-corrected chi connectivity index (χ3v) is 8.16. The highest BCUT2D eigenvalue weighted by atomic mass is 16.4. The molecule has 0 amide bonds. The van der Waals surface area contributed by atoms with E-state index in [1.807, 2.05) is 0 Å². The summed E-state index contributed by atoms with van der Waals surface area (Å²) >= 11 is 0. The standard InChI is InChI=1S/C34H64O4/c1-3-5-7-9-11-13-15-16-17-18-19-21-23-25-27-29-33(36)32(30-35)31(34(37)38)28-26-24-22-20-14-12-10-8-6-4-2/h30-32H,3-29H2,1-2H3,(H,37,38). The maximum absolute atomic E-state index is 12.6. The number of hydrogen-bond acceptors (Lipinski definition) is 3. The molecule has 0 rings (SSSR count). The summed E-state index contributed by atoms with van der Waals surface area (Å²) in [7, 11) is 0. The number of carboxylic acids is 1. The van der Waals surface area contributed by atoms with E-state index in [2.05, 4.69) is 13.8 Å². The molecule has 0 aromatic heterocycles. The van der Waals surface area contributed by atoms with Crippen molar-refractivity contribution in [1.82, 2.24) is 0 Å². The van der Waals surface area contributed by atoms with E-state index >= 15 is 0 Å². The normalized spacial score (nSPS) is 12.9. The van der Waals surface area contributed by atoms with Crippen LogP contribution in [0.4, 0.5) is 0 Å². The van der Waals surface area contributed by atoms with E-state index in [1.165, 1.54) is 122 Å². The molecule has 0 aromatic rings. The lowest BCUT2D eigenvalue weighted by Gasteiger charge is -2.18. The van der Waals surface area contributed by atoms with Crippen molar-refractivity contribution in [2.75, 3.05) is 0 Å². The number of ketones is 1. The fraction of sp³-hybridized carbons (Fsp3) is 0.912. The lowest BCUT2D eigenvalue weighted by molar-refractivity contribution is -0.148. The second-order valence-electron chi connectivity index (χ2n) is 11.7. The van der Waals surface area contributed by atoms with Crippen LogP contribution in [-0.4, -0.2) is 23.1 Å². The Morgan fingerprint density at radius 3 is 1.16 bits per heavy atom. The van der Waals surface area contributed by atoms with Crippen molar-refractivity contribution in [2.24, 2.45) is 11.8 Å². The minimum Gasteiger partial charge on any atom is -0.481 e. The SMILES string of the molecule is CCCCCCCCCCCCCCCCCC(=O)C(C=O)C(CCCCCCCCCCCC)C(=O)O. The zero-order chi connectivity index (χ0) is 28.1. The zero-order valence-electron chi connectivity index (χ0n) is 25.5. The average molecular weight is 537 g/mol. The Kier molecular flexibility index (Phi) is 27.9. The largest absolute Gasteiger partial charge is 0.481 e. The molecule has 4 nitrogen and oxygen atoms in total. The number of carbonyl (C=O) groups excluding carboxylic acids is 2. The van der Waals surface area contributed by atoms with Gasteiger partial charge in [0, 0.05) is 6.42 Å². The summed E-state index contributed by atoms with van der Waals surface area (Å²) in [5, 5.41) is 9.66. The molecule has 0 bridgehead atoms. The predicted molar refractivity (Wildman–Crippen MR) is 162 cm³/mol. The van der Waals surface area contributed by atoms with Gasteiger partial charge in [0.05, 0.1) is 11.8 Å². The Bertz CT molecular complexity index is 545. The van der Waals surface area contributed by atoms with E-state index < -0.39 is 17.8 Å². The van der Waals surface area contributed by atoms with Crippen LogP contribution < -0.4 is 0 Å². The molecular formula is C34H64O4. The molecule has 0 radical (unpaired) electrons. The number of aldehydes is 1. The highest BCUT2D eigenvalue weighted by molar-refractivity contribution is 5.97. The summed E-state index contributed by atoms with van der Waals surface area (Å²) < 4.78 is 0. The fourth-order valence-electron chi connectivity index (χ4n) is 5.54. The molecule has 0 aliphatic carbocycles. The van der Waals surface area contributed by atoms with E-state index in [0.717, 1.165) is 38.5 Å². The number of unbranched alkanes of at least 4 members (excludes halogenated alkanes) is 23. The molecule has 224 valence electrons. The van der Waals surface area contributed by atoms with Gasteiger partial charge in [-0.2, -0.15) is 0 Å². The first-order chi connectivity index (χ1) is 18.6. The van der Waals surface area contributed by atoms with Crippen molar-refractivity contribution in [2.45, 2.75) is 187 Å². The monoisotopic (exact) mass is 536 g/mol. The van der Waals surface area contributed by atoms with Gasteiger partial charge in [0.2, 0.25) is 0 Å². The molecule has 0 spiro atoms. The van der Waals surface area contributed by atoms with E-state index in [4.69, 9.17) is 0 Å². The van der Waals surface area contributed by atoms with Gasteiger partial charge in [-0.15, -0.1) is 0 Å². The molecule has 4 heteroatoms. The minimum absolute atomic E-state index is 0.172. The number of carboxylic acid groups (broad SMARTS) is 1. The second-order valence-corrected chi connectivity index (χ2v) is 11.7. The molecule has 0 saturated carbocycles. The molecule has 2 atom stereocenters. The van der Waals surface area contributed by atoms with Crippen LogP contribution in [0.15, 0.2) is 0 Å². The average Bonchev–Trinajstić information content (AvgIpc) is 2.91. The van der Waals surface area contributed by atoms with E-state index in [9.17, 15) is 19.5 Å². The summed E-state index contributed by atoms with van der Waals surface area (Å²) in [5.41, 5.74) is 0. The predicted octanol–water partition coefficient (Wildman–Crippen LogP) is 10.6. The number of Topliss-reactive ketones (excluding diaryl/α,β-unsaturated/α-hetero) is 1. The van der Waals surface area contributed by atoms with E-state index in [0.29, 0.717) is 19.1 Å².